The predicted octanol–water partition coefficient (Wildman–Crippen LogP) is 4.69. The molecule has 4 nitrogen and oxygen atoms in total. The Bertz CT molecular complexity index is 1120. The first kappa shape index (κ1) is 19.3. The Morgan fingerprint density at radius 3 is 2.67 bits per heavy atom. The van der Waals surface area contributed by atoms with Crippen LogP contribution in [0.3, 0.4) is 0 Å². The van der Waals surface area contributed by atoms with Crippen LogP contribution in [0.4, 0.5) is 0 Å². The molecule has 0 amide bonds. The van der Waals surface area contributed by atoms with E-state index in [1.807, 2.05) is 65.4 Å². The molecular weight excluding hydrogens is 394 g/mol. The average Bonchev–Trinajstić information content (AvgIpc) is 2.75. The number of piperidine rings is 1. The highest BCUT2D eigenvalue weighted by molar-refractivity contribution is 6.30. The lowest BCUT2D eigenvalue weighted by molar-refractivity contribution is 0.113. The van der Waals surface area contributed by atoms with Crippen LogP contribution in [-0.2, 0) is 13.1 Å². The zero-order valence-electron chi connectivity index (χ0n) is 16.7. The minimum atomic E-state index is 0.116. The summed E-state index contributed by atoms with van der Waals surface area (Å²) in [5.41, 5.74) is 4.16. The van der Waals surface area contributed by atoms with Crippen molar-refractivity contribution in [2.45, 2.75) is 25.4 Å². The molecule has 2 aliphatic rings. The summed E-state index contributed by atoms with van der Waals surface area (Å²) in [6, 6.07) is 17.8. The van der Waals surface area contributed by atoms with Crippen molar-refractivity contribution in [3.8, 4) is 0 Å². The number of halogens is 1. The van der Waals surface area contributed by atoms with Gasteiger partial charge in [-0.2, -0.15) is 0 Å². The lowest BCUT2D eigenvalue weighted by Crippen LogP contribution is -2.47. The second-order valence-electron chi connectivity index (χ2n) is 8.33. The molecule has 2 unspecified atom stereocenters. The molecule has 1 fully saturated rings. The molecule has 2 aliphatic heterocycles. The molecule has 0 N–H and O–H groups in total. The highest BCUT2D eigenvalue weighted by Gasteiger charge is 2.34. The molecule has 2 aromatic heterocycles. The van der Waals surface area contributed by atoms with Gasteiger partial charge in [0.25, 0.3) is 5.56 Å². The monoisotopic (exact) mass is 417 g/mol. The number of pyridine rings is 2. The van der Waals surface area contributed by atoms with Crippen LogP contribution in [0, 0.1) is 5.92 Å². The standard InChI is InChI=1S/C25H24ClN3O/c26-22-9-5-18(6-10-22)4-7-20-8-11-24-21-13-19(15-29(24)25(20)30)14-28(16-21)17-23-3-1-2-12-27-23/h1-12,19,21H,13-17H2. The Morgan fingerprint density at radius 1 is 1.00 bits per heavy atom. The number of nitrogens with zero attached hydrogens (tertiary/aromatic N) is 3. The summed E-state index contributed by atoms with van der Waals surface area (Å²) in [7, 11) is 0. The van der Waals surface area contributed by atoms with E-state index >= 15 is 0 Å². The number of benzene rings is 1. The number of aromatic nitrogens is 2. The lowest BCUT2D eigenvalue weighted by atomic mass is 9.83. The summed E-state index contributed by atoms with van der Waals surface area (Å²) in [5, 5.41) is 0.713. The number of likely N-dealkylation sites (tertiary alicyclic amines) is 1. The zero-order valence-corrected chi connectivity index (χ0v) is 17.5. The maximum Gasteiger partial charge on any atom is 0.258 e. The Balaban J connectivity index is 1.37. The fraction of sp³-hybridized carbons (Fsp3) is 0.280. The fourth-order valence-corrected chi connectivity index (χ4v) is 4.92. The maximum absolute atomic E-state index is 13.2. The first-order valence-corrected chi connectivity index (χ1v) is 10.8. The van der Waals surface area contributed by atoms with Gasteiger partial charge >= 0.3 is 0 Å². The van der Waals surface area contributed by atoms with Crippen LogP contribution in [0.2, 0.25) is 5.02 Å². The van der Waals surface area contributed by atoms with Crippen LogP contribution in [0.5, 0.6) is 0 Å². The highest BCUT2D eigenvalue weighted by Crippen LogP contribution is 2.35. The van der Waals surface area contributed by atoms with Gasteiger partial charge in [-0.25, -0.2) is 0 Å². The van der Waals surface area contributed by atoms with Gasteiger partial charge in [-0.1, -0.05) is 35.9 Å². The topological polar surface area (TPSA) is 38.1 Å². The second kappa shape index (κ2) is 8.21. The van der Waals surface area contributed by atoms with Gasteiger partial charge in [0.15, 0.2) is 0 Å². The molecule has 1 saturated heterocycles. The molecule has 5 heteroatoms. The molecule has 152 valence electrons. The Morgan fingerprint density at radius 2 is 1.87 bits per heavy atom. The minimum Gasteiger partial charge on any atom is -0.311 e. The summed E-state index contributed by atoms with van der Waals surface area (Å²) in [5.74, 6) is 0.913. The van der Waals surface area contributed by atoms with Gasteiger partial charge in [0.1, 0.15) is 0 Å². The SMILES string of the molecule is O=c1c(C=Cc2ccc(Cl)cc2)ccc2n1CC1CC2CN(Cc2ccccn2)C1. The predicted molar refractivity (Wildman–Crippen MR) is 121 cm³/mol. The largest absolute Gasteiger partial charge is 0.311 e. The van der Waals surface area contributed by atoms with E-state index in [0.29, 0.717) is 16.9 Å². The van der Waals surface area contributed by atoms with Gasteiger partial charge < -0.3 is 4.57 Å². The first-order valence-electron chi connectivity index (χ1n) is 10.5. The van der Waals surface area contributed by atoms with Crippen LogP contribution in [0.15, 0.2) is 65.6 Å². The molecule has 5 rings (SSSR count). The third-order valence-electron chi connectivity index (χ3n) is 6.15. The van der Waals surface area contributed by atoms with Crippen molar-refractivity contribution < 1.29 is 0 Å². The van der Waals surface area contributed by atoms with Crippen LogP contribution in [0.25, 0.3) is 12.2 Å². The van der Waals surface area contributed by atoms with Crippen LogP contribution < -0.4 is 5.56 Å². The first-order chi connectivity index (χ1) is 14.7. The molecule has 3 aromatic rings. The summed E-state index contributed by atoms with van der Waals surface area (Å²) in [6.07, 6.45) is 6.90. The Kier molecular flexibility index (Phi) is 5.28. The van der Waals surface area contributed by atoms with Crippen molar-refractivity contribution in [2.75, 3.05) is 13.1 Å². The fourth-order valence-electron chi connectivity index (χ4n) is 4.80. The smallest absolute Gasteiger partial charge is 0.258 e. The third kappa shape index (κ3) is 3.98. The van der Waals surface area contributed by atoms with Gasteiger partial charge in [-0.3, -0.25) is 14.7 Å². The molecule has 2 atom stereocenters. The van der Waals surface area contributed by atoms with Crippen LogP contribution in [0.1, 0.15) is 34.9 Å². The molecular formula is C25H24ClN3O. The third-order valence-corrected chi connectivity index (χ3v) is 6.40. The summed E-state index contributed by atoms with van der Waals surface area (Å²) in [6.45, 7) is 3.67. The summed E-state index contributed by atoms with van der Waals surface area (Å²) < 4.78 is 2.01. The van der Waals surface area contributed by atoms with Gasteiger partial charge in [0.2, 0.25) is 0 Å². The quantitative estimate of drug-likeness (QED) is 0.618. The number of rotatable bonds is 4. The van der Waals surface area contributed by atoms with Gasteiger partial charge in [0, 0.05) is 54.6 Å². The van der Waals surface area contributed by atoms with E-state index in [1.54, 1.807) is 0 Å². The maximum atomic E-state index is 13.2. The van der Waals surface area contributed by atoms with Gasteiger partial charge in [-0.05, 0) is 60.4 Å². The van der Waals surface area contributed by atoms with Crippen molar-refractivity contribution in [3.05, 3.63) is 98.7 Å². The van der Waals surface area contributed by atoms with Crippen molar-refractivity contribution in [1.82, 2.24) is 14.5 Å². The lowest BCUT2D eigenvalue weighted by Gasteiger charge is -2.42. The summed E-state index contributed by atoms with van der Waals surface area (Å²) >= 11 is 5.95. The molecule has 0 aliphatic carbocycles. The molecule has 1 aromatic carbocycles. The van der Waals surface area contributed by atoms with E-state index < -0.39 is 0 Å². The molecule has 4 heterocycles. The number of fused-ring (bicyclic) bond motifs is 4. The molecule has 30 heavy (non-hydrogen) atoms. The Hall–Kier alpha value is -2.69. The van der Waals surface area contributed by atoms with E-state index in [1.165, 1.54) is 5.69 Å². The summed E-state index contributed by atoms with van der Waals surface area (Å²) in [4.78, 5) is 20.1. The van der Waals surface area contributed by atoms with Crippen molar-refractivity contribution in [1.29, 1.82) is 0 Å². The van der Waals surface area contributed by atoms with E-state index in [2.05, 4.69) is 22.0 Å². The van der Waals surface area contributed by atoms with Crippen molar-refractivity contribution in [3.63, 3.8) is 0 Å². The molecule has 0 radical (unpaired) electrons. The highest BCUT2D eigenvalue weighted by atomic mass is 35.5. The normalized spacial score (nSPS) is 21.0. The van der Waals surface area contributed by atoms with Crippen LogP contribution in [-0.4, -0.2) is 27.5 Å². The van der Waals surface area contributed by atoms with Crippen LogP contribution >= 0.6 is 11.6 Å². The van der Waals surface area contributed by atoms with Crippen molar-refractivity contribution in [2.24, 2.45) is 5.92 Å². The number of hydrogen-bond acceptors (Lipinski definition) is 3. The second-order valence-corrected chi connectivity index (χ2v) is 8.76. The Labute approximate surface area is 181 Å². The van der Waals surface area contributed by atoms with E-state index in [9.17, 15) is 4.79 Å². The minimum absolute atomic E-state index is 0.116. The van der Waals surface area contributed by atoms with E-state index in [-0.39, 0.29) is 5.56 Å². The van der Waals surface area contributed by atoms with Crippen molar-refractivity contribution >= 4 is 23.8 Å². The van der Waals surface area contributed by atoms with E-state index in [4.69, 9.17) is 11.6 Å². The zero-order chi connectivity index (χ0) is 20.5. The van der Waals surface area contributed by atoms with Gasteiger partial charge in [0.05, 0.1) is 5.69 Å². The van der Waals surface area contributed by atoms with E-state index in [0.717, 1.165) is 49.4 Å². The number of hydrogen-bond donors (Lipinski definition) is 0. The van der Waals surface area contributed by atoms with Gasteiger partial charge in [-0.15, -0.1) is 0 Å². The molecule has 2 bridgehead atoms. The molecule has 0 spiro atoms. The average molecular weight is 418 g/mol. The molecule has 0 saturated carbocycles.